The maximum absolute atomic E-state index is 12.3. The minimum absolute atomic E-state index is 0.0294. The van der Waals surface area contributed by atoms with E-state index in [1.165, 1.54) is 0 Å². The second-order valence-corrected chi connectivity index (χ2v) is 6.66. The number of nitrogens with two attached hydrogens (primary N) is 1. The van der Waals surface area contributed by atoms with Gasteiger partial charge in [0.15, 0.2) is 0 Å². The van der Waals surface area contributed by atoms with Crippen molar-refractivity contribution in [1.82, 2.24) is 0 Å². The summed E-state index contributed by atoms with van der Waals surface area (Å²) >= 11 is 0. The SMILES string of the molecule is NS(=O)(=O)c1ccc(O)c(NC(=O)c2ccc3c(c2)CCO3)c1. The number of hydrogen-bond donors (Lipinski definition) is 3. The van der Waals surface area contributed by atoms with Crippen LogP contribution in [0.5, 0.6) is 11.5 Å². The third kappa shape index (κ3) is 3.13. The van der Waals surface area contributed by atoms with E-state index in [1.54, 1.807) is 18.2 Å². The standard InChI is InChI=1S/C15H14N2O5S/c16-23(20,21)11-2-3-13(18)12(8-11)17-15(19)10-1-4-14-9(7-10)5-6-22-14/h1-4,7-8,18H,5-6H2,(H,17,19)(H2,16,20,21). The maximum Gasteiger partial charge on any atom is 0.255 e. The summed E-state index contributed by atoms with van der Waals surface area (Å²) in [6.07, 6.45) is 0.725. The number of ether oxygens (including phenoxy) is 1. The lowest BCUT2D eigenvalue weighted by molar-refractivity contribution is 0.102. The first-order valence-corrected chi connectivity index (χ1v) is 8.32. The lowest BCUT2D eigenvalue weighted by Crippen LogP contribution is -2.15. The number of phenolic OH excluding ortho intramolecular Hbond substituents is 1. The van der Waals surface area contributed by atoms with Crippen LogP contribution in [0, 0.1) is 0 Å². The Kier molecular flexibility index (Phi) is 3.70. The molecule has 2 aromatic rings. The van der Waals surface area contributed by atoms with Gasteiger partial charge in [-0.1, -0.05) is 0 Å². The molecule has 0 aromatic heterocycles. The molecule has 0 atom stereocenters. The Hall–Kier alpha value is -2.58. The lowest BCUT2D eigenvalue weighted by Gasteiger charge is -2.09. The molecule has 1 aliphatic rings. The number of rotatable bonds is 3. The normalized spacial score (nSPS) is 13.3. The van der Waals surface area contributed by atoms with Crippen LogP contribution in [0.15, 0.2) is 41.3 Å². The van der Waals surface area contributed by atoms with Crippen LogP contribution in [0.25, 0.3) is 0 Å². The Morgan fingerprint density at radius 3 is 2.74 bits per heavy atom. The third-order valence-corrected chi connectivity index (χ3v) is 4.41. The molecule has 4 N–H and O–H groups in total. The quantitative estimate of drug-likeness (QED) is 0.729. The van der Waals surface area contributed by atoms with Crippen LogP contribution in [0.2, 0.25) is 0 Å². The molecule has 7 nitrogen and oxygen atoms in total. The number of nitrogens with one attached hydrogen (secondary N) is 1. The molecular formula is C15H14N2O5S. The number of aromatic hydroxyl groups is 1. The van der Waals surface area contributed by atoms with Crippen molar-refractivity contribution in [3.05, 3.63) is 47.5 Å². The van der Waals surface area contributed by atoms with E-state index in [0.717, 1.165) is 35.9 Å². The molecule has 0 radical (unpaired) electrons. The largest absolute Gasteiger partial charge is 0.506 e. The number of anilines is 1. The van der Waals surface area contributed by atoms with Gasteiger partial charge < -0.3 is 15.2 Å². The first-order valence-electron chi connectivity index (χ1n) is 6.77. The fraction of sp³-hybridized carbons (Fsp3) is 0.133. The monoisotopic (exact) mass is 334 g/mol. The molecule has 1 amide bonds. The molecule has 1 aliphatic heterocycles. The van der Waals surface area contributed by atoms with Gasteiger partial charge in [-0.15, -0.1) is 0 Å². The number of sulfonamides is 1. The van der Waals surface area contributed by atoms with Crippen LogP contribution in [0.1, 0.15) is 15.9 Å². The number of carbonyl (C=O) groups is 1. The molecule has 120 valence electrons. The molecule has 0 unspecified atom stereocenters. The van der Waals surface area contributed by atoms with Crippen molar-refractivity contribution >= 4 is 21.6 Å². The van der Waals surface area contributed by atoms with Gasteiger partial charge in [0.1, 0.15) is 11.5 Å². The van der Waals surface area contributed by atoms with Crippen molar-refractivity contribution in [2.45, 2.75) is 11.3 Å². The Morgan fingerprint density at radius 1 is 1.22 bits per heavy atom. The van der Waals surface area contributed by atoms with Gasteiger partial charge in [-0.2, -0.15) is 0 Å². The number of carbonyl (C=O) groups excluding carboxylic acids is 1. The Morgan fingerprint density at radius 2 is 2.00 bits per heavy atom. The smallest absolute Gasteiger partial charge is 0.255 e. The highest BCUT2D eigenvalue weighted by Crippen LogP contribution is 2.28. The molecular weight excluding hydrogens is 320 g/mol. The summed E-state index contributed by atoms with van der Waals surface area (Å²) < 4.78 is 28.1. The summed E-state index contributed by atoms with van der Waals surface area (Å²) in [5, 5.41) is 17.3. The maximum atomic E-state index is 12.3. The van der Waals surface area contributed by atoms with Gasteiger partial charge >= 0.3 is 0 Å². The molecule has 0 aliphatic carbocycles. The molecule has 23 heavy (non-hydrogen) atoms. The molecule has 0 spiro atoms. The summed E-state index contributed by atoms with van der Waals surface area (Å²) in [6.45, 7) is 0.581. The summed E-state index contributed by atoms with van der Waals surface area (Å²) in [4.78, 5) is 12.1. The third-order valence-electron chi connectivity index (χ3n) is 3.50. The molecule has 0 saturated carbocycles. The van der Waals surface area contributed by atoms with Crippen LogP contribution < -0.4 is 15.2 Å². The van der Waals surface area contributed by atoms with Gasteiger partial charge in [0.25, 0.3) is 5.91 Å². The zero-order chi connectivity index (χ0) is 16.6. The Balaban J connectivity index is 1.88. The van der Waals surface area contributed by atoms with Gasteiger partial charge in [-0.05, 0) is 42.0 Å². The first-order chi connectivity index (χ1) is 10.8. The van der Waals surface area contributed by atoms with Crippen molar-refractivity contribution in [2.75, 3.05) is 11.9 Å². The van der Waals surface area contributed by atoms with E-state index in [-0.39, 0.29) is 16.3 Å². The topological polar surface area (TPSA) is 119 Å². The van der Waals surface area contributed by atoms with Gasteiger partial charge in [-0.25, -0.2) is 13.6 Å². The average molecular weight is 334 g/mol. The fourth-order valence-electron chi connectivity index (χ4n) is 2.31. The van der Waals surface area contributed by atoms with E-state index in [4.69, 9.17) is 9.88 Å². The molecule has 0 fully saturated rings. The zero-order valence-electron chi connectivity index (χ0n) is 11.9. The highest BCUT2D eigenvalue weighted by Gasteiger charge is 2.17. The predicted molar refractivity (Wildman–Crippen MR) is 83.1 cm³/mol. The molecule has 2 aromatic carbocycles. The van der Waals surface area contributed by atoms with E-state index in [1.807, 2.05) is 0 Å². The zero-order valence-corrected chi connectivity index (χ0v) is 12.8. The van der Waals surface area contributed by atoms with Crippen molar-refractivity contribution in [2.24, 2.45) is 5.14 Å². The highest BCUT2D eigenvalue weighted by molar-refractivity contribution is 7.89. The Labute approximate surface area is 132 Å². The molecule has 3 rings (SSSR count). The number of fused-ring (bicyclic) bond motifs is 1. The van der Waals surface area contributed by atoms with Crippen LogP contribution in [-0.4, -0.2) is 26.0 Å². The predicted octanol–water partition coefficient (Wildman–Crippen LogP) is 1.23. The second-order valence-electron chi connectivity index (χ2n) is 5.10. The van der Waals surface area contributed by atoms with Crippen LogP contribution in [0.3, 0.4) is 0 Å². The van der Waals surface area contributed by atoms with Crippen molar-refractivity contribution in [3.8, 4) is 11.5 Å². The summed E-state index contributed by atoms with van der Waals surface area (Å²) in [5.74, 6) is 0.0254. The van der Waals surface area contributed by atoms with Crippen LogP contribution in [0.4, 0.5) is 5.69 Å². The van der Waals surface area contributed by atoms with Crippen molar-refractivity contribution < 1.29 is 23.1 Å². The highest BCUT2D eigenvalue weighted by atomic mass is 32.2. The number of benzene rings is 2. The average Bonchev–Trinajstić information content (AvgIpc) is 2.95. The van der Waals surface area contributed by atoms with Crippen LogP contribution >= 0.6 is 0 Å². The van der Waals surface area contributed by atoms with Crippen molar-refractivity contribution in [1.29, 1.82) is 0 Å². The second kappa shape index (κ2) is 5.56. The number of amides is 1. The van der Waals surface area contributed by atoms with E-state index >= 15 is 0 Å². The van der Waals surface area contributed by atoms with E-state index in [9.17, 15) is 18.3 Å². The number of hydrogen-bond acceptors (Lipinski definition) is 5. The van der Waals surface area contributed by atoms with Gasteiger partial charge in [0.05, 0.1) is 17.2 Å². The number of phenols is 1. The Bertz CT molecular complexity index is 893. The summed E-state index contributed by atoms with van der Waals surface area (Å²) in [5.41, 5.74) is 1.29. The van der Waals surface area contributed by atoms with Gasteiger partial charge in [0.2, 0.25) is 10.0 Å². The first kappa shape index (κ1) is 15.3. The van der Waals surface area contributed by atoms with Crippen LogP contribution in [-0.2, 0) is 16.4 Å². The molecule has 1 heterocycles. The lowest BCUT2D eigenvalue weighted by atomic mass is 10.1. The molecule has 8 heteroatoms. The molecule has 0 saturated heterocycles. The minimum Gasteiger partial charge on any atom is -0.506 e. The molecule has 0 bridgehead atoms. The summed E-state index contributed by atoms with van der Waals surface area (Å²) in [6, 6.07) is 8.44. The number of primary sulfonamides is 1. The van der Waals surface area contributed by atoms with E-state index < -0.39 is 15.9 Å². The van der Waals surface area contributed by atoms with Gasteiger partial charge in [-0.3, -0.25) is 4.79 Å². The van der Waals surface area contributed by atoms with E-state index in [0.29, 0.717) is 12.2 Å². The van der Waals surface area contributed by atoms with Crippen molar-refractivity contribution in [3.63, 3.8) is 0 Å². The fourth-order valence-corrected chi connectivity index (χ4v) is 2.85. The minimum atomic E-state index is -3.93. The van der Waals surface area contributed by atoms with E-state index in [2.05, 4.69) is 5.32 Å². The summed E-state index contributed by atoms with van der Waals surface area (Å²) in [7, 11) is -3.93. The van der Waals surface area contributed by atoms with Gasteiger partial charge in [0, 0.05) is 12.0 Å².